The molecule has 0 atom stereocenters. The summed E-state index contributed by atoms with van der Waals surface area (Å²) in [5, 5.41) is 13.6. The van der Waals surface area contributed by atoms with Crippen molar-refractivity contribution in [3.05, 3.63) is 24.3 Å². The monoisotopic (exact) mass is 294 g/mol. The first kappa shape index (κ1) is 14.8. The van der Waals surface area contributed by atoms with Gasteiger partial charge in [-0.05, 0) is 24.3 Å². The number of sulfonamides is 1. The van der Waals surface area contributed by atoms with E-state index in [1.165, 1.54) is 12.1 Å². The molecule has 0 bridgehead atoms. The third-order valence-corrected chi connectivity index (χ3v) is 4.37. The number of rotatable bonds is 4. The van der Waals surface area contributed by atoms with E-state index < -0.39 is 10.0 Å². The molecule has 2 rings (SSSR count). The van der Waals surface area contributed by atoms with Gasteiger partial charge in [-0.1, -0.05) is 0 Å². The molecule has 7 heteroatoms. The van der Waals surface area contributed by atoms with E-state index in [4.69, 9.17) is 10.4 Å². The zero-order chi connectivity index (χ0) is 14.6. The Kier molecular flexibility index (Phi) is 4.60. The molecule has 2 N–H and O–H groups in total. The minimum absolute atomic E-state index is 0.133. The molecule has 0 aromatic heterocycles. The molecule has 1 aromatic rings. The van der Waals surface area contributed by atoms with Crippen LogP contribution in [-0.4, -0.2) is 46.0 Å². The average molecular weight is 294 g/mol. The lowest BCUT2D eigenvalue weighted by molar-refractivity contribution is 0.263. The quantitative estimate of drug-likeness (QED) is 0.866. The number of benzene rings is 1. The molecule has 6 nitrogen and oxygen atoms in total. The van der Waals surface area contributed by atoms with Crippen molar-refractivity contribution in [2.24, 2.45) is 5.14 Å². The van der Waals surface area contributed by atoms with Crippen LogP contribution in [0.4, 0.5) is 5.69 Å². The lowest BCUT2D eigenvalue weighted by atomic mass is 10.2. The maximum Gasteiger partial charge on any atom is 0.238 e. The molecular formula is C13H18N4O2S. The number of hydrogen-bond donors (Lipinski definition) is 1. The molecule has 0 amide bonds. The molecule has 108 valence electrons. The van der Waals surface area contributed by atoms with E-state index in [0.717, 1.165) is 38.4 Å². The van der Waals surface area contributed by atoms with Gasteiger partial charge in [0.1, 0.15) is 0 Å². The standard InChI is InChI=1S/C13H18N4O2S/c14-6-1-7-16-8-10-17(11-9-16)12-2-4-13(5-3-12)20(15,18)19/h2-5H,1,7-11H2,(H2,15,18,19). The highest BCUT2D eigenvalue weighted by Gasteiger charge is 2.17. The predicted molar refractivity (Wildman–Crippen MR) is 76.7 cm³/mol. The predicted octanol–water partition coefficient (Wildman–Crippen LogP) is 0.370. The second kappa shape index (κ2) is 6.22. The van der Waals surface area contributed by atoms with Crippen molar-refractivity contribution in [1.82, 2.24) is 4.90 Å². The highest BCUT2D eigenvalue weighted by molar-refractivity contribution is 7.89. The summed E-state index contributed by atoms with van der Waals surface area (Å²) in [7, 11) is -3.63. The van der Waals surface area contributed by atoms with Gasteiger partial charge < -0.3 is 4.90 Å². The van der Waals surface area contributed by atoms with Crippen LogP contribution in [0.25, 0.3) is 0 Å². The van der Waals surface area contributed by atoms with E-state index in [-0.39, 0.29) is 4.90 Å². The number of nitrogens with zero attached hydrogens (tertiary/aromatic N) is 3. The lowest BCUT2D eigenvalue weighted by Crippen LogP contribution is -2.46. The van der Waals surface area contributed by atoms with Crippen LogP contribution in [-0.2, 0) is 10.0 Å². The molecule has 0 spiro atoms. The van der Waals surface area contributed by atoms with Crippen molar-refractivity contribution in [3.63, 3.8) is 0 Å². The Morgan fingerprint density at radius 1 is 1.15 bits per heavy atom. The second-order valence-corrected chi connectivity index (χ2v) is 6.34. The van der Waals surface area contributed by atoms with E-state index >= 15 is 0 Å². The van der Waals surface area contributed by atoms with Crippen LogP contribution in [0.3, 0.4) is 0 Å². The van der Waals surface area contributed by atoms with Crippen LogP contribution in [0, 0.1) is 11.3 Å². The van der Waals surface area contributed by atoms with Gasteiger partial charge in [0.25, 0.3) is 0 Å². The van der Waals surface area contributed by atoms with Crippen LogP contribution >= 0.6 is 0 Å². The van der Waals surface area contributed by atoms with Gasteiger partial charge in [-0.2, -0.15) is 5.26 Å². The van der Waals surface area contributed by atoms with Gasteiger partial charge in [-0.3, -0.25) is 4.90 Å². The zero-order valence-electron chi connectivity index (χ0n) is 11.2. The van der Waals surface area contributed by atoms with Crippen molar-refractivity contribution < 1.29 is 8.42 Å². The molecule has 0 aliphatic carbocycles. The Morgan fingerprint density at radius 3 is 2.25 bits per heavy atom. The number of piperazine rings is 1. The van der Waals surface area contributed by atoms with Gasteiger partial charge in [0, 0.05) is 44.8 Å². The number of nitriles is 1. The first-order chi connectivity index (χ1) is 9.50. The summed E-state index contributed by atoms with van der Waals surface area (Å²) in [4.78, 5) is 4.60. The topological polar surface area (TPSA) is 90.4 Å². The molecule has 0 saturated carbocycles. The van der Waals surface area contributed by atoms with Crippen molar-refractivity contribution in [2.45, 2.75) is 11.3 Å². The molecule has 1 aliphatic rings. The van der Waals surface area contributed by atoms with Crippen molar-refractivity contribution in [1.29, 1.82) is 5.26 Å². The second-order valence-electron chi connectivity index (χ2n) is 4.78. The molecular weight excluding hydrogens is 276 g/mol. The molecule has 0 unspecified atom stereocenters. The summed E-state index contributed by atoms with van der Waals surface area (Å²) in [6.07, 6.45) is 0.559. The van der Waals surface area contributed by atoms with Gasteiger partial charge in [-0.15, -0.1) is 0 Å². The normalized spacial score (nSPS) is 16.9. The number of nitrogens with two attached hydrogens (primary N) is 1. The van der Waals surface area contributed by atoms with Crippen LogP contribution in [0.5, 0.6) is 0 Å². The number of hydrogen-bond acceptors (Lipinski definition) is 5. The van der Waals surface area contributed by atoms with Gasteiger partial charge in [0.15, 0.2) is 0 Å². The van der Waals surface area contributed by atoms with Gasteiger partial charge >= 0.3 is 0 Å². The van der Waals surface area contributed by atoms with E-state index in [9.17, 15) is 8.42 Å². The van der Waals surface area contributed by atoms with E-state index in [0.29, 0.717) is 6.42 Å². The van der Waals surface area contributed by atoms with E-state index in [2.05, 4.69) is 15.9 Å². The van der Waals surface area contributed by atoms with Gasteiger partial charge in [0.2, 0.25) is 10.0 Å². The maximum atomic E-state index is 11.2. The summed E-state index contributed by atoms with van der Waals surface area (Å²) in [6.45, 7) is 4.40. The molecule has 1 fully saturated rings. The Morgan fingerprint density at radius 2 is 1.75 bits per heavy atom. The minimum Gasteiger partial charge on any atom is -0.369 e. The molecule has 20 heavy (non-hydrogen) atoms. The fourth-order valence-corrected chi connectivity index (χ4v) is 2.80. The summed E-state index contributed by atoms with van der Waals surface area (Å²) in [6, 6.07) is 8.79. The van der Waals surface area contributed by atoms with Crippen LogP contribution < -0.4 is 10.0 Å². The molecule has 1 aromatic carbocycles. The van der Waals surface area contributed by atoms with E-state index in [1.54, 1.807) is 12.1 Å². The minimum atomic E-state index is -3.63. The van der Waals surface area contributed by atoms with Crippen molar-refractivity contribution in [3.8, 4) is 6.07 Å². The fraction of sp³-hybridized carbons (Fsp3) is 0.462. The smallest absolute Gasteiger partial charge is 0.238 e. The third-order valence-electron chi connectivity index (χ3n) is 3.44. The largest absolute Gasteiger partial charge is 0.369 e. The van der Waals surface area contributed by atoms with Gasteiger partial charge in [0.05, 0.1) is 11.0 Å². The van der Waals surface area contributed by atoms with Crippen molar-refractivity contribution in [2.75, 3.05) is 37.6 Å². The molecule has 1 aliphatic heterocycles. The van der Waals surface area contributed by atoms with Gasteiger partial charge in [-0.25, -0.2) is 13.6 Å². The first-order valence-electron chi connectivity index (χ1n) is 6.48. The number of anilines is 1. The van der Waals surface area contributed by atoms with E-state index in [1.807, 2.05) is 0 Å². The summed E-state index contributed by atoms with van der Waals surface area (Å²) in [5.41, 5.74) is 0.998. The van der Waals surface area contributed by atoms with Crippen LogP contribution in [0.2, 0.25) is 0 Å². The van der Waals surface area contributed by atoms with Crippen LogP contribution in [0.1, 0.15) is 6.42 Å². The summed E-state index contributed by atoms with van der Waals surface area (Å²) in [5.74, 6) is 0. The first-order valence-corrected chi connectivity index (χ1v) is 8.02. The molecule has 0 radical (unpaired) electrons. The Labute approximate surface area is 119 Å². The third kappa shape index (κ3) is 3.70. The van der Waals surface area contributed by atoms with Crippen molar-refractivity contribution >= 4 is 15.7 Å². The zero-order valence-corrected chi connectivity index (χ0v) is 12.0. The molecule has 1 saturated heterocycles. The SMILES string of the molecule is N#CCCN1CCN(c2ccc(S(N)(=O)=O)cc2)CC1. The Hall–Kier alpha value is -1.62. The average Bonchev–Trinajstić information content (AvgIpc) is 2.45. The summed E-state index contributed by atoms with van der Waals surface area (Å²) < 4.78 is 22.4. The summed E-state index contributed by atoms with van der Waals surface area (Å²) >= 11 is 0. The number of primary sulfonamides is 1. The molecule has 1 heterocycles. The highest BCUT2D eigenvalue weighted by atomic mass is 32.2. The Bertz CT molecular complexity index is 584. The lowest BCUT2D eigenvalue weighted by Gasteiger charge is -2.35. The Balaban J connectivity index is 1.96. The van der Waals surface area contributed by atoms with Crippen LogP contribution in [0.15, 0.2) is 29.2 Å². The highest BCUT2D eigenvalue weighted by Crippen LogP contribution is 2.18. The fourth-order valence-electron chi connectivity index (χ4n) is 2.28. The maximum absolute atomic E-state index is 11.2.